The minimum atomic E-state index is -1.36. The van der Waals surface area contributed by atoms with E-state index in [1.54, 1.807) is 0 Å². The molecule has 0 bridgehead atoms. The second-order valence-corrected chi connectivity index (χ2v) is 8.11. The molecule has 0 radical (unpaired) electrons. The van der Waals surface area contributed by atoms with Crippen LogP contribution in [0.1, 0.15) is 48.8 Å². The molecule has 4 heteroatoms. The van der Waals surface area contributed by atoms with Crippen molar-refractivity contribution in [2.75, 3.05) is 0 Å². The van der Waals surface area contributed by atoms with Crippen LogP contribution in [-0.4, -0.2) is 27.4 Å². The molecule has 1 aliphatic rings. The lowest BCUT2D eigenvalue weighted by Crippen LogP contribution is -2.36. The normalized spacial score (nSPS) is 22.3. The Morgan fingerprint density at radius 2 is 1.83 bits per heavy atom. The topological polar surface area (TPSA) is 77.8 Å². The number of carboxylic acids is 1. The first-order chi connectivity index (χ1) is 14.0. The van der Waals surface area contributed by atoms with Gasteiger partial charge in [0.25, 0.3) is 0 Å². The Kier molecular flexibility index (Phi) is 7.24. The lowest BCUT2D eigenvalue weighted by molar-refractivity contribution is -0.144. The van der Waals surface area contributed by atoms with Crippen LogP contribution in [0.2, 0.25) is 0 Å². The van der Waals surface area contributed by atoms with Crippen LogP contribution in [0.25, 0.3) is 0 Å². The van der Waals surface area contributed by atoms with Gasteiger partial charge in [-0.2, -0.15) is 0 Å². The maximum absolute atomic E-state index is 11.3. The molecular weight excluding hydrogens is 364 g/mol. The Balaban J connectivity index is 1.54. The number of hydrogen-bond acceptors (Lipinski definition) is 3. The summed E-state index contributed by atoms with van der Waals surface area (Å²) in [5, 5.41) is 30.6. The first kappa shape index (κ1) is 21.3. The van der Waals surface area contributed by atoms with Gasteiger partial charge in [-0.3, -0.25) is 4.79 Å². The van der Waals surface area contributed by atoms with E-state index in [2.05, 4.69) is 12.1 Å². The molecule has 0 saturated heterocycles. The summed E-state index contributed by atoms with van der Waals surface area (Å²) in [7, 11) is 0. The van der Waals surface area contributed by atoms with E-state index in [9.17, 15) is 20.1 Å². The third-order valence-corrected chi connectivity index (χ3v) is 5.71. The molecule has 3 atom stereocenters. The van der Waals surface area contributed by atoms with Gasteiger partial charge < -0.3 is 15.3 Å². The number of aliphatic hydroxyl groups excluding tert-OH is 1. The van der Waals surface area contributed by atoms with Crippen molar-refractivity contribution in [3.8, 4) is 0 Å². The lowest BCUT2D eigenvalue weighted by atomic mass is 9.72. The standard InChI is InChI=1S/C25H30O4/c26-22(12-6-4-10-19-8-2-1-3-9-19)15-14-20-16-21-11-5-7-13-23(21)25(29,17-20)18-24(27)28/h1-3,5,7-9,11,13-15,20,22,26,29H,4,6,10,12,16-18H2,(H,27,28)/b15-14+. The van der Waals surface area contributed by atoms with Crippen molar-refractivity contribution < 1.29 is 20.1 Å². The molecule has 0 spiro atoms. The van der Waals surface area contributed by atoms with Gasteiger partial charge in [-0.05, 0) is 54.7 Å². The maximum atomic E-state index is 11.3. The number of carbonyl (C=O) groups is 1. The minimum Gasteiger partial charge on any atom is -0.481 e. The number of unbranched alkanes of at least 4 members (excludes halogenated alkanes) is 1. The molecule has 0 aliphatic heterocycles. The molecule has 1 aliphatic carbocycles. The zero-order valence-corrected chi connectivity index (χ0v) is 16.7. The Labute approximate surface area is 172 Å². The summed E-state index contributed by atoms with van der Waals surface area (Å²) in [5.74, 6) is -1.00. The van der Waals surface area contributed by atoms with Crippen molar-refractivity contribution in [2.24, 2.45) is 5.92 Å². The predicted octanol–water partition coefficient (Wildman–Crippen LogP) is 4.24. The number of allylic oxidation sites excluding steroid dienone is 1. The van der Waals surface area contributed by atoms with Gasteiger partial charge in [0.05, 0.1) is 12.5 Å². The fourth-order valence-corrected chi connectivity index (χ4v) is 4.31. The molecule has 3 rings (SSSR count). The third-order valence-electron chi connectivity index (χ3n) is 5.71. The van der Waals surface area contributed by atoms with Crippen LogP contribution < -0.4 is 0 Å². The van der Waals surface area contributed by atoms with E-state index in [1.807, 2.05) is 54.6 Å². The largest absolute Gasteiger partial charge is 0.481 e. The maximum Gasteiger partial charge on any atom is 0.306 e. The highest BCUT2D eigenvalue weighted by atomic mass is 16.4. The Morgan fingerprint density at radius 3 is 2.59 bits per heavy atom. The molecule has 0 saturated carbocycles. The molecule has 3 unspecified atom stereocenters. The average molecular weight is 395 g/mol. The zero-order valence-electron chi connectivity index (χ0n) is 16.7. The van der Waals surface area contributed by atoms with E-state index in [-0.39, 0.29) is 12.3 Å². The molecule has 4 nitrogen and oxygen atoms in total. The Bertz CT molecular complexity index is 830. The van der Waals surface area contributed by atoms with Crippen LogP contribution in [0.5, 0.6) is 0 Å². The summed E-state index contributed by atoms with van der Waals surface area (Å²) in [4.78, 5) is 11.3. The first-order valence-corrected chi connectivity index (χ1v) is 10.4. The number of aryl methyl sites for hydroxylation is 1. The number of aliphatic carboxylic acids is 1. The van der Waals surface area contributed by atoms with Crippen molar-refractivity contribution in [1.82, 2.24) is 0 Å². The van der Waals surface area contributed by atoms with Gasteiger partial charge in [0.2, 0.25) is 0 Å². The molecule has 2 aromatic rings. The Morgan fingerprint density at radius 1 is 1.10 bits per heavy atom. The summed E-state index contributed by atoms with van der Waals surface area (Å²) >= 11 is 0. The van der Waals surface area contributed by atoms with Gasteiger partial charge in [-0.25, -0.2) is 0 Å². The molecule has 2 aromatic carbocycles. The third kappa shape index (κ3) is 6.02. The predicted molar refractivity (Wildman–Crippen MR) is 114 cm³/mol. The van der Waals surface area contributed by atoms with Gasteiger partial charge >= 0.3 is 5.97 Å². The molecular formula is C25H30O4. The quantitative estimate of drug-likeness (QED) is 0.439. The highest BCUT2D eigenvalue weighted by molar-refractivity contribution is 5.69. The zero-order chi connectivity index (χ0) is 20.7. The molecule has 0 heterocycles. The number of fused-ring (bicyclic) bond motifs is 1. The van der Waals surface area contributed by atoms with Crippen molar-refractivity contribution in [3.63, 3.8) is 0 Å². The SMILES string of the molecule is O=C(O)CC1(O)CC(/C=C/C(O)CCCCc2ccccc2)Cc2ccccc21. The average Bonchev–Trinajstić information content (AvgIpc) is 2.70. The summed E-state index contributed by atoms with van der Waals surface area (Å²) in [5.41, 5.74) is 1.65. The molecule has 0 fully saturated rings. The summed E-state index contributed by atoms with van der Waals surface area (Å²) in [6.45, 7) is 0. The monoisotopic (exact) mass is 394 g/mol. The molecule has 3 N–H and O–H groups in total. The van der Waals surface area contributed by atoms with E-state index in [4.69, 9.17) is 0 Å². The van der Waals surface area contributed by atoms with Crippen LogP contribution in [0.3, 0.4) is 0 Å². The van der Waals surface area contributed by atoms with Crippen LogP contribution in [0, 0.1) is 5.92 Å². The van der Waals surface area contributed by atoms with Crippen LogP contribution in [-0.2, 0) is 23.2 Å². The number of benzene rings is 2. The van der Waals surface area contributed by atoms with Gasteiger partial charge in [-0.1, -0.05) is 73.2 Å². The summed E-state index contributed by atoms with van der Waals surface area (Å²) < 4.78 is 0. The molecule has 0 aromatic heterocycles. The van der Waals surface area contributed by atoms with Gasteiger partial charge in [0.15, 0.2) is 0 Å². The molecule has 154 valence electrons. The Hall–Kier alpha value is -2.43. The van der Waals surface area contributed by atoms with Crippen molar-refractivity contribution in [3.05, 3.63) is 83.4 Å². The van der Waals surface area contributed by atoms with E-state index >= 15 is 0 Å². The summed E-state index contributed by atoms with van der Waals surface area (Å²) in [6, 6.07) is 17.8. The minimum absolute atomic E-state index is 0.00761. The highest BCUT2D eigenvalue weighted by Crippen LogP contribution is 2.41. The van der Waals surface area contributed by atoms with Gasteiger partial charge in [0, 0.05) is 0 Å². The number of rotatable bonds is 9. The second kappa shape index (κ2) is 9.86. The second-order valence-electron chi connectivity index (χ2n) is 8.11. The molecule has 0 amide bonds. The van der Waals surface area contributed by atoms with Crippen LogP contribution in [0.4, 0.5) is 0 Å². The van der Waals surface area contributed by atoms with E-state index in [0.717, 1.165) is 31.2 Å². The van der Waals surface area contributed by atoms with E-state index < -0.39 is 17.7 Å². The van der Waals surface area contributed by atoms with Crippen LogP contribution >= 0.6 is 0 Å². The van der Waals surface area contributed by atoms with Crippen LogP contribution in [0.15, 0.2) is 66.7 Å². The van der Waals surface area contributed by atoms with Crippen molar-refractivity contribution in [1.29, 1.82) is 0 Å². The summed E-state index contributed by atoms with van der Waals surface area (Å²) in [6.07, 6.45) is 7.72. The van der Waals surface area contributed by atoms with Gasteiger partial charge in [-0.15, -0.1) is 0 Å². The van der Waals surface area contributed by atoms with Gasteiger partial charge in [0.1, 0.15) is 5.60 Å². The number of hydrogen-bond donors (Lipinski definition) is 3. The van der Waals surface area contributed by atoms with Crippen molar-refractivity contribution in [2.45, 2.75) is 56.7 Å². The first-order valence-electron chi connectivity index (χ1n) is 10.4. The molecule has 29 heavy (non-hydrogen) atoms. The van der Waals surface area contributed by atoms with E-state index in [0.29, 0.717) is 18.4 Å². The fourth-order valence-electron chi connectivity index (χ4n) is 4.31. The van der Waals surface area contributed by atoms with E-state index in [1.165, 1.54) is 5.56 Å². The number of aliphatic hydroxyl groups is 2. The smallest absolute Gasteiger partial charge is 0.306 e. The van der Waals surface area contributed by atoms with Crippen molar-refractivity contribution >= 4 is 5.97 Å². The lowest BCUT2D eigenvalue weighted by Gasteiger charge is -2.37. The fraction of sp³-hybridized carbons (Fsp3) is 0.400. The number of carboxylic acid groups (broad SMARTS) is 1. The highest BCUT2D eigenvalue weighted by Gasteiger charge is 2.39.